The van der Waals surface area contributed by atoms with Crippen LogP contribution >= 0.6 is 0 Å². The van der Waals surface area contributed by atoms with Gasteiger partial charge in [-0.1, -0.05) is 44.7 Å². The van der Waals surface area contributed by atoms with Gasteiger partial charge in [0.2, 0.25) is 11.8 Å². The van der Waals surface area contributed by atoms with Gasteiger partial charge in [0.25, 0.3) is 0 Å². The van der Waals surface area contributed by atoms with E-state index in [4.69, 9.17) is 0 Å². The lowest BCUT2D eigenvalue weighted by molar-refractivity contribution is -0.142. The Morgan fingerprint density at radius 3 is 2.47 bits per heavy atom. The largest absolute Gasteiger partial charge is 0.345 e. The Bertz CT molecular complexity index is 871. The monoisotopic (exact) mass is 441 g/mol. The van der Waals surface area contributed by atoms with E-state index in [-0.39, 0.29) is 30.2 Å². The Kier molecular flexibility index (Phi) is 8.89. The summed E-state index contributed by atoms with van der Waals surface area (Å²) < 4.78 is 15.4. The molecule has 0 bridgehead atoms. The summed E-state index contributed by atoms with van der Waals surface area (Å²) in [5.74, 6) is -0.263. The molecule has 0 spiro atoms. The zero-order chi connectivity index (χ0) is 22.9. The van der Waals surface area contributed by atoms with Crippen molar-refractivity contribution < 1.29 is 14.0 Å². The standard InChI is InChI=1S/C26H36FN3O2/c1-3-4-16-28(21(2)31)20-26(32)30(24-9-6-5-7-10-24)19-25-11-8-17-29(25)18-22-12-14-23(27)15-13-22/h8,11-15,17,24H,3-7,9-10,16,18-20H2,1-2H3. The van der Waals surface area contributed by atoms with Gasteiger partial charge in [-0.25, -0.2) is 4.39 Å². The lowest BCUT2D eigenvalue weighted by atomic mass is 9.94. The smallest absolute Gasteiger partial charge is 0.242 e. The first kappa shape index (κ1) is 24.0. The SMILES string of the molecule is CCCCN(CC(=O)N(Cc1cccn1Cc1ccc(F)cc1)C1CCCCC1)C(C)=O. The van der Waals surface area contributed by atoms with Crippen LogP contribution in [0.5, 0.6) is 0 Å². The van der Waals surface area contributed by atoms with Crippen molar-refractivity contribution in [1.29, 1.82) is 0 Å². The molecule has 2 amide bonds. The van der Waals surface area contributed by atoms with Crippen molar-refractivity contribution in [3.8, 4) is 0 Å². The molecule has 1 aromatic heterocycles. The molecule has 6 heteroatoms. The van der Waals surface area contributed by atoms with Gasteiger partial charge >= 0.3 is 0 Å². The van der Waals surface area contributed by atoms with Crippen molar-refractivity contribution in [2.75, 3.05) is 13.1 Å². The average Bonchev–Trinajstić information content (AvgIpc) is 3.23. The summed E-state index contributed by atoms with van der Waals surface area (Å²) in [5, 5.41) is 0. The van der Waals surface area contributed by atoms with Crippen LogP contribution in [-0.4, -0.2) is 45.3 Å². The number of benzene rings is 1. The lowest BCUT2D eigenvalue weighted by Gasteiger charge is -2.36. The molecule has 0 atom stereocenters. The molecule has 0 saturated heterocycles. The molecule has 1 aliphatic carbocycles. The van der Waals surface area contributed by atoms with Crippen molar-refractivity contribution in [3.63, 3.8) is 0 Å². The molecule has 1 fully saturated rings. The van der Waals surface area contributed by atoms with Crippen LogP contribution in [0.2, 0.25) is 0 Å². The second-order valence-corrected chi connectivity index (χ2v) is 8.86. The van der Waals surface area contributed by atoms with Gasteiger partial charge in [0.05, 0.1) is 13.1 Å². The number of amides is 2. The number of aromatic nitrogens is 1. The average molecular weight is 442 g/mol. The number of carbonyl (C=O) groups excluding carboxylic acids is 2. The van der Waals surface area contributed by atoms with Crippen molar-refractivity contribution in [3.05, 3.63) is 59.7 Å². The summed E-state index contributed by atoms with van der Waals surface area (Å²) in [6.45, 7) is 5.55. The van der Waals surface area contributed by atoms with E-state index in [1.165, 1.54) is 18.6 Å². The van der Waals surface area contributed by atoms with Gasteiger partial charge in [-0.05, 0) is 49.1 Å². The Morgan fingerprint density at radius 2 is 1.81 bits per heavy atom. The topological polar surface area (TPSA) is 45.6 Å². The van der Waals surface area contributed by atoms with Gasteiger partial charge in [0, 0.05) is 37.9 Å². The summed E-state index contributed by atoms with van der Waals surface area (Å²) in [6, 6.07) is 10.8. The fourth-order valence-electron chi connectivity index (χ4n) is 4.47. The van der Waals surface area contributed by atoms with Gasteiger partial charge in [-0.15, -0.1) is 0 Å². The summed E-state index contributed by atoms with van der Waals surface area (Å²) in [7, 11) is 0. The molecule has 1 aromatic carbocycles. The van der Waals surface area contributed by atoms with Gasteiger partial charge in [-0.3, -0.25) is 9.59 Å². The van der Waals surface area contributed by atoms with Crippen LogP contribution in [0.25, 0.3) is 0 Å². The predicted molar refractivity (Wildman–Crippen MR) is 125 cm³/mol. The highest BCUT2D eigenvalue weighted by molar-refractivity contribution is 5.84. The van der Waals surface area contributed by atoms with E-state index in [1.807, 2.05) is 23.2 Å². The first-order chi connectivity index (χ1) is 15.5. The molecule has 0 unspecified atom stereocenters. The lowest BCUT2D eigenvalue weighted by Crippen LogP contribution is -2.47. The van der Waals surface area contributed by atoms with Gasteiger partial charge in [0.15, 0.2) is 0 Å². The molecule has 0 N–H and O–H groups in total. The summed E-state index contributed by atoms with van der Waals surface area (Å²) in [6.07, 6.45) is 9.41. The maximum absolute atomic E-state index is 13.4. The highest BCUT2D eigenvalue weighted by atomic mass is 19.1. The molecule has 2 aromatic rings. The molecule has 0 radical (unpaired) electrons. The van der Waals surface area contributed by atoms with E-state index < -0.39 is 0 Å². The van der Waals surface area contributed by atoms with Crippen LogP contribution in [0, 0.1) is 5.82 Å². The Balaban J connectivity index is 1.76. The summed E-state index contributed by atoms with van der Waals surface area (Å²) >= 11 is 0. The molecule has 32 heavy (non-hydrogen) atoms. The van der Waals surface area contributed by atoms with E-state index in [0.717, 1.165) is 49.8 Å². The van der Waals surface area contributed by atoms with Gasteiger partial charge in [-0.2, -0.15) is 0 Å². The fourth-order valence-corrected chi connectivity index (χ4v) is 4.47. The van der Waals surface area contributed by atoms with E-state index in [2.05, 4.69) is 11.5 Å². The normalized spacial score (nSPS) is 14.3. The Labute approximate surface area is 191 Å². The zero-order valence-electron chi connectivity index (χ0n) is 19.4. The van der Waals surface area contributed by atoms with Crippen LogP contribution in [0.15, 0.2) is 42.6 Å². The molecule has 0 aliphatic heterocycles. The molecule has 3 rings (SSSR count). The highest BCUT2D eigenvalue weighted by Crippen LogP contribution is 2.25. The van der Waals surface area contributed by atoms with Crippen LogP contribution in [-0.2, 0) is 22.7 Å². The first-order valence-electron chi connectivity index (χ1n) is 11.9. The quantitative estimate of drug-likeness (QED) is 0.522. The summed E-state index contributed by atoms with van der Waals surface area (Å²) in [4.78, 5) is 29.2. The van der Waals surface area contributed by atoms with E-state index in [9.17, 15) is 14.0 Å². The highest BCUT2D eigenvalue weighted by Gasteiger charge is 2.28. The number of halogens is 1. The Morgan fingerprint density at radius 1 is 1.09 bits per heavy atom. The minimum atomic E-state index is -0.242. The van der Waals surface area contributed by atoms with Crippen LogP contribution in [0.4, 0.5) is 4.39 Å². The van der Waals surface area contributed by atoms with E-state index in [0.29, 0.717) is 19.6 Å². The predicted octanol–water partition coefficient (Wildman–Crippen LogP) is 4.99. The molecule has 174 valence electrons. The molecular weight excluding hydrogens is 405 g/mol. The second kappa shape index (κ2) is 11.8. The van der Waals surface area contributed by atoms with Crippen LogP contribution in [0.3, 0.4) is 0 Å². The van der Waals surface area contributed by atoms with Crippen LogP contribution < -0.4 is 0 Å². The maximum Gasteiger partial charge on any atom is 0.242 e. The number of nitrogens with zero attached hydrogens (tertiary/aromatic N) is 3. The third-order valence-corrected chi connectivity index (χ3v) is 6.41. The zero-order valence-corrected chi connectivity index (χ0v) is 19.4. The van der Waals surface area contributed by atoms with Crippen molar-refractivity contribution in [2.45, 2.75) is 77.9 Å². The van der Waals surface area contributed by atoms with Crippen molar-refractivity contribution in [2.24, 2.45) is 0 Å². The second-order valence-electron chi connectivity index (χ2n) is 8.86. The molecule has 1 saturated carbocycles. The van der Waals surface area contributed by atoms with Crippen molar-refractivity contribution >= 4 is 11.8 Å². The number of hydrogen-bond acceptors (Lipinski definition) is 2. The van der Waals surface area contributed by atoms with Gasteiger partial charge in [0.1, 0.15) is 5.82 Å². The van der Waals surface area contributed by atoms with E-state index in [1.54, 1.807) is 24.0 Å². The number of rotatable bonds is 10. The number of unbranched alkanes of at least 4 members (excludes halogenated alkanes) is 1. The number of carbonyl (C=O) groups is 2. The minimum Gasteiger partial charge on any atom is -0.345 e. The van der Waals surface area contributed by atoms with Crippen molar-refractivity contribution in [1.82, 2.24) is 14.4 Å². The molecule has 5 nitrogen and oxygen atoms in total. The molecular formula is C26H36FN3O2. The first-order valence-corrected chi connectivity index (χ1v) is 11.9. The molecule has 1 heterocycles. The molecule has 1 aliphatic rings. The Hall–Kier alpha value is -2.63. The van der Waals surface area contributed by atoms with Gasteiger partial charge < -0.3 is 14.4 Å². The third kappa shape index (κ3) is 6.68. The minimum absolute atomic E-state index is 0.0257. The number of hydrogen-bond donors (Lipinski definition) is 0. The van der Waals surface area contributed by atoms with E-state index >= 15 is 0 Å². The third-order valence-electron chi connectivity index (χ3n) is 6.41. The van der Waals surface area contributed by atoms with Crippen LogP contribution in [0.1, 0.15) is 70.1 Å². The fraction of sp³-hybridized carbons (Fsp3) is 0.538. The maximum atomic E-state index is 13.4. The summed E-state index contributed by atoms with van der Waals surface area (Å²) in [5.41, 5.74) is 2.07.